The van der Waals surface area contributed by atoms with Gasteiger partial charge in [-0.3, -0.25) is 9.80 Å². The highest BCUT2D eigenvalue weighted by atomic mass is 19.1. The topological polar surface area (TPSA) is 41.7 Å². The standard InChI is InChI=1S/C17H22FN3O2/c1-14-12-17(23-19-14)13-21-8-6-20(7-9-21)10-11-22-16-4-2-15(18)3-5-16/h2-5,12H,6-11,13H2,1H3. The summed E-state index contributed by atoms with van der Waals surface area (Å²) < 4.78 is 23.7. The number of ether oxygens (including phenoxy) is 1. The van der Waals surface area contributed by atoms with Gasteiger partial charge in [-0.15, -0.1) is 0 Å². The van der Waals surface area contributed by atoms with Crippen molar-refractivity contribution in [2.75, 3.05) is 39.3 Å². The highest BCUT2D eigenvalue weighted by Gasteiger charge is 2.18. The number of hydrogen-bond donors (Lipinski definition) is 0. The van der Waals surface area contributed by atoms with E-state index in [0.717, 1.165) is 50.7 Å². The smallest absolute Gasteiger partial charge is 0.150 e. The normalized spacial score (nSPS) is 16.6. The number of hydrogen-bond acceptors (Lipinski definition) is 5. The molecule has 1 saturated heterocycles. The van der Waals surface area contributed by atoms with Gasteiger partial charge in [0.2, 0.25) is 0 Å². The first-order valence-corrected chi connectivity index (χ1v) is 7.94. The molecule has 2 aromatic rings. The summed E-state index contributed by atoms with van der Waals surface area (Å²) in [7, 11) is 0. The number of aryl methyl sites for hydroxylation is 1. The summed E-state index contributed by atoms with van der Waals surface area (Å²) in [4.78, 5) is 4.75. The Morgan fingerprint density at radius 3 is 2.48 bits per heavy atom. The van der Waals surface area contributed by atoms with Crippen LogP contribution in [-0.4, -0.2) is 54.3 Å². The highest BCUT2D eigenvalue weighted by Crippen LogP contribution is 2.12. The summed E-state index contributed by atoms with van der Waals surface area (Å²) in [5.74, 6) is 1.40. The van der Waals surface area contributed by atoms with Crippen molar-refractivity contribution in [3.8, 4) is 5.75 Å². The van der Waals surface area contributed by atoms with Crippen LogP contribution >= 0.6 is 0 Å². The molecule has 1 aliphatic rings. The molecule has 0 N–H and O–H groups in total. The predicted octanol–water partition coefficient (Wildman–Crippen LogP) is 2.32. The molecule has 0 radical (unpaired) electrons. The maximum atomic E-state index is 12.8. The minimum atomic E-state index is -0.240. The second-order valence-electron chi connectivity index (χ2n) is 5.85. The van der Waals surface area contributed by atoms with Gasteiger partial charge in [0.05, 0.1) is 12.2 Å². The zero-order valence-corrected chi connectivity index (χ0v) is 13.4. The van der Waals surface area contributed by atoms with Crippen LogP contribution in [0.25, 0.3) is 0 Å². The fourth-order valence-corrected chi connectivity index (χ4v) is 2.71. The Labute approximate surface area is 135 Å². The van der Waals surface area contributed by atoms with E-state index in [0.29, 0.717) is 12.4 Å². The van der Waals surface area contributed by atoms with Crippen LogP contribution in [0.2, 0.25) is 0 Å². The van der Waals surface area contributed by atoms with Gasteiger partial charge in [-0.25, -0.2) is 4.39 Å². The molecular weight excluding hydrogens is 297 g/mol. The first-order valence-electron chi connectivity index (χ1n) is 7.94. The Bertz CT molecular complexity index is 607. The second-order valence-corrected chi connectivity index (χ2v) is 5.85. The lowest BCUT2D eigenvalue weighted by atomic mass is 10.3. The average Bonchev–Trinajstić information content (AvgIpc) is 2.96. The van der Waals surface area contributed by atoms with Gasteiger partial charge in [-0.05, 0) is 31.2 Å². The van der Waals surface area contributed by atoms with Crippen molar-refractivity contribution in [2.24, 2.45) is 0 Å². The SMILES string of the molecule is Cc1cc(CN2CCN(CCOc3ccc(F)cc3)CC2)on1. The summed E-state index contributed by atoms with van der Waals surface area (Å²) in [5.41, 5.74) is 0.927. The van der Waals surface area contributed by atoms with Crippen LogP contribution in [0, 0.1) is 12.7 Å². The van der Waals surface area contributed by atoms with Gasteiger partial charge in [0.1, 0.15) is 18.2 Å². The van der Waals surface area contributed by atoms with Crippen molar-refractivity contribution < 1.29 is 13.7 Å². The van der Waals surface area contributed by atoms with Crippen molar-refractivity contribution in [1.29, 1.82) is 0 Å². The minimum Gasteiger partial charge on any atom is -0.492 e. The molecule has 0 bridgehead atoms. The third-order valence-corrected chi connectivity index (χ3v) is 4.01. The van der Waals surface area contributed by atoms with Gasteiger partial charge in [0, 0.05) is 38.8 Å². The van der Waals surface area contributed by atoms with E-state index in [9.17, 15) is 4.39 Å². The molecular formula is C17H22FN3O2. The third kappa shape index (κ3) is 4.77. The van der Waals surface area contributed by atoms with E-state index in [-0.39, 0.29) is 5.82 Å². The summed E-state index contributed by atoms with van der Waals surface area (Å²) >= 11 is 0. The van der Waals surface area contributed by atoms with Gasteiger partial charge < -0.3 is 9.26 Å². The van der Waals surface area contributed by atoms with Crippen molar-refractivity contribution in [3.63, 3.8) is 0 Å². The molecule has 23 heavy (non-hydrogen) atoms. The van der Waals surface area contributed by atoms with Gasteiger partial charge in [0.25, 0.3) is 0 Å². The Kier molecular flexibility index (Phi) is 5.25. The largest absolute Gasteiger partial charge is 0.492 e. The number of aromatic nitrogens is 1. The molecule has 0 amide bonds. The third-order valence-electron chi connectivity index (χ3n) is 4.01. The number of rotatable bonds is 6. The number of benzene rings is 1. The van der Waals surface area contributed by atoms with E-state index in [1.807, 2.05) is 13.0 Å². The van der Waals surface area contributed by atoms with Gasteiger partial charge in [0.15, 0.2) is 5.76 Å². The molecule has 124 valence electrons. The van der Waals surface area contributed by atoms with Crippen molar-refractivity contribution in [3.05, 3.63) is 47.6 Å². The summed E-state index contributed by atoms with van der Waals surface area (Å²) in [6, 6.07) is 8.14. The number of halogens is 1. The number of nitrogens with zero attached hydrogens (tertiary/aromatic N) is 3. The summed E-state index contributed by atoms with van der Waals surface area (Å²) in [6.07, 6.45) is 0. The van der Waals surface area contributed by atoms with Crippen LogP contribution in [0.1, 0.15) is 11.5 Å². The van der Waals surface area contributed by atoms with Crippen LogP contribution in [0.3, 0.4) is 0 Å². The zero-order chi connectivity index (χ0) is 16.1. The van der Waals surface area contributed by atoms with Crippen LogP contribution in [-0.2, 0) is 6.54 Å². The quantitative estimate of drug-likeness (QED) is 0.817. The average molecular weight is 319 g/mol. The highest BCUT2D eigenvalue weighted by molar-refractivity contribution is 5.21. The molecule has 1 aliphatic heterocycles. The molecule has 3 rings (SSSR count). The maximum absolute atomic E-state index is 12.8. The van der Waals surface area contributed by atoms with E-state index in [2.05, 4.69) is 15.0 Å². The fraction of sp³-hybridized carbons (Fsp3) is 0.471. The Hall–Kier alpha value is -1.92. The Balaban J connectivity index is 1.35. The van der Waals surface area contributed by atoms with Gasteiger partial charge >= 0.3 is 0 Å². The van der Waals surface area contributed by atoms with Crippen LogP contribution in [0.15, 0.2) is 34.9 Å². The molecule has 0 saturated carbocycles. The van der Waals surface area contributed by atoms with Crippen molar-refractivity contribution in [1.82, 2.24) is 15.0 Å². The molecule has 5 nitrogen and oxygen atoms in total. The molecule has 0 unspecified atom stereocenters. The lowest BCUT2D eigenvalue weighted by molar-refractivity contribution is 0.106. The molecule has 1 aromatic carbocycles. The minimum absolute atomic E-state index is 0.240. The number of piperazine rings is 1. The zero-order valence-electron chi connectivity index (χ0n) is 13.4. The molecule has 1 fully saturated rings. The Morgan fingerprint density at radius 1 is 1.13 bits per heavy atom. The van der Waals surface area contributed by atoms with E-state index in [4.69, 9.17) is 9.26 Å². The molecule has 0 spiro atoms. The van der Waals surface area contributed by atoms with E-state index < -0.39 is 0 Å². The summed E-state index contributed by atoms with van der Waals surface area (Å²) in [5, 5.41) is 3.92. The molecule has 0 atom stereocenters. The fourth-order valence-electron chi connectivity index (χ4n) is 2.71. The first-order chi connectivity index (χ1) is 11.2. The van der Waals surface area contributed by atoms with E-state index >= 15 is 0 Å². The van der Waals surface area contributed by atoms with Gasteiger partial charge in [-0.2, -0.15) is 0 Å². The molecule has 1 aromatic heterocycles. The molecule has 0 aliphatic carbocycles. The van der Waals surface area contributed by atoms with E-state index in [1.54, 1.807) is 12.1 Å². The van der Waals surface area contributed by atoms with Crippen molar-refractivity contribution >= 4 is 0 Å². The van der Waals surface area contributed by atoms with Crippen LogP contribution in [0.5, 0.6) is 5.75 Å². The van der Waals surface area contributed by atoms with E-state index in [1.165, 1.54) is 12.1 Å². The molecule has 2 heterocycles. The monoisotopic (exact) mass is 319 g/mol. The maximum Gasteiger partial charge on any atom is 0.150 e. The lowest BCUT2D eigenvalue weighted by Crippen LogP contribution is -2.46. The van der Waals surface area contributed by atoms with Crippen LogP contribution < -0.4 is 4.74 Å². The summed E-state index contributed by atoms with van der Waals surface area (Å²) in [6.45, 7) is 8.30. The second kappa shape index (κ2) is 7.57. The van der Waals surface area contributed by atoms with Crippen LogP contribution in [0.4, 0.5) is 4.39 Å². The van der Waals surface area contributed by atoms with Crippen molar-refractivity contribution in [2.45, 2.75) is 13.5 Å². The lowest BCUT2D eigenvalue weighted by Gasteiger charge is -2.33. The Morgan fingerprint density at radius 2 is 1.83 bits per heavy atom. The molecule has 6 heteroatoms. The predicted molar refractivity (Wildman–Crippen MR) is 84.9 cm³/mol. The first kappa shape index (κ1) is 16.0. The van der Waals surface area contributed by atoms with Gasteiger partial charge in [-0.1, -0.05) is 5.16 Å².